The van der Waals surface area contributed by atoms with Gasteiger partial charge in [-0.2, -0.15) is 0 Å². The Morgan fingerprint density at radius 3 is 1.13 bits per heavy atom. The lowest BCUT2D eigenvalue weighted by Gasteiger charge is -2.13. The number of thiophene rings is 2. The van der Waals surface area contributed by atoms with Crippen LogP contribution in [0.4, 0.5) is 0 Å². The quantitative estimate of drug-likeness (QED) is 0.169. The van der Waals surface area contributed by atoms with Gasteiger partial charge in [0.15, 0.2) is 0 Å². The highest BCUT2D eigenvalue weighted by atomic mass is 32.1. The van der Waals surface area contributed by atoms with E-state index in [1.807, 2.05) is 22.7 Å². The molecule has 0 radical (unpaired) electrons. The van der Waals surface area contributed by atoms with Gasteiger partial charge < -0.3 is 0 Å². The van der Waals surface area contributed by atoms with E-state index in [9.17, 15) is 0 Å². The SMILES string of the molecule is Cc1cc(-c2ccc(-c3ccc4sc5ccccc5c4c3)cc2)nc2c1ccc1c(C)cc(-c3ccc(-c4ccc5sc6ccccc6c5c4)cc3)nc12. The molecular formula is C50H32N2S2. The molecule has 4 heterocycles. The average Bonchev–Trinajstić information content (AvgIpc) is 3.78. The fraction of sp³-hybridized carbons (Fsp3) is 0.0400. The monoisotopic (exact) mass is 724 g/mol. The molecule has 11 aromatic rings. The summed E-state index contributed by atoms with van der Waals surface area (Å²) in [5.74, 6) is 0. The Morgan fingerprint density at radius 1 is 0.315 bits per heavy atom. The fourth-order valence-electron chi connectivity index (χ4n) is 8.09. The summed E-state index contributed by atoms with van der Waals surface area (Å²) in [6, 6.07) is 57.5. The first-order chi connectivity index (χ1) is 26.5. The smallest absolute Gasteiger partial charge is 0.0975 e. The maximum atomic E-state index is 5.32. The summed E-state index contributed by atoms with van der Waals surface area (Å²) in [5, 5.41) is 7.55. The molecule has 0 unspecified atom stereocenters. The number of aryl methyl sites for hydroxylation is 2. The van der Waals surface area contributed by atoms with Crippen molar-refractivity contribution in [3.05, 3.63) is 169 Å². The van der Waals surface area contributed by atoms with Crippen LogP contribution in [0.25, 0.3) is 107 Å². The molecule has 4 heteroatoms. The van der Waals surface area contributed by atoms with Gasteiger partial charge in [0, 0.05) is 62.2 Å². The Kier molecular flexibility index (Phi) is 7.06. The molecule has 7 aromatic carbocycles. The molecule has 54 heavy (non-hydrogen) atoms. The van der Waals surface area contributed by atoms with E-state index in [2.05, 4.69) is 172 Å². The van der Waals surface area contributed by atoms with Crippen LogP contribution in [0.3, 0.4) is 0 Å². The van der Waals surface area contributed by atoms with E-state index in [-0.39, 0.29) is 0 Å². The molecule has 2 nitrogen and oxygen atoms in total. The van der Waals surface area contributed by atoms with Crippen molar-refractivity contribution in [1.82, 2.24) is 9.97 Å². The summed E-state index contributed by atoms with van der Waals surface area (Å²) in [6.07, 6.45) is 0. The lowest BCUT2D eigenvalue weighted by atomic mass is 9.98. The molecule has 0 fully saturated rings. The highest BCUT2D eigenvalue weighted by molar-refractivity contribution is 7.26. The molecule has 0 spiro atoms. The first-order valence-corrected chi connectivity index (χ1v) is 19.9. The van der Waals surface area contributed by atoms with Crippen molar-refractivity contribution in [2.45, 2.75) is 13.8 Å². The lowest BCUT2D eigenvalue weighted by molar-refractivity contribution is 1.33. The van der Waals surface area contributed by atoms with Crippen LogP contribution in [-0.2, 0) is 0 Å². The summed E-state index contributed by atoms with van der Waals surface area (Å²) < 4.78 is 5.31. The van der Waals surface area contributed by atoms with Gasteiger partial charge >= 0.3 is 0 Å². The Bertz CT molecular complexity index is 3060. The predicted molar refractivity (Wildman–Crippen MR) is 234 cm³/mol. The van der Waals surface area contributed by atoms with Crippen molar-refractivity contribution in [2.75, 3.05) is 0 Å². The topological polar surface area (TPSA) is 25.8 Å². The van der Waals surface area contributed by atoms with Gasteiger partial charge in [0.05, 0.1) is 22.4 Å². The maximum Gasteiger partial charge on any atom is 0.0975 e. The van der Waals surface area contributed by atoms with Gasteiger partial charge in [-0.15, -0.1) is 22.7 Å². The molecular weight excluding hydrogens is 693 g/mol. The van der Waals surface area contributed by atoms with Gasteiger partial charge in [0.2, 0.25) is 0 Å². The summed E-state index contributed by atoms with van der Waals surface area (Å²) in [6.45, 7) is 4.36. The minimum Gasteiger partial charge on any atom is -0.245 e. The number of fused-ring (bicyclic) bond motifs is 9. The van der Waals surface area contributed by atoms with E-state index in [0.29, 0.717) is 0 Å². The number of hydrogen-bond acceptors (Lipinski definition) is 4. The van der Waals surface area contributed by atoms with Crippen molar-refractivity contribution in [1.29, 1.82) is 0 Å². The summed E-state index contributed by atoms with van der Waals surface area (Å²) in [7, 11) is 0. The second-order valence-corrected chi connectivity index (χ2v) is 16.4. The molecule has 0 saturated heterocycles. The van der Waals surface area contributed by atoms with Crippen molar-refractivity contribution in [3.63, 3.8) is 0 Å². The highest BCUT2D eigenvalue weighted by Gasteiger charge is 2.14. The Morgan fingerprint density at radius 2 is 0.685 bits per heavy atom. The van der Waals surface area contributed by atoms with Crippen LogP contribution in [0.15, 0.2) is 158 Å². The van der Waals surface area contributed by atoms with E-state index in [4.69, 9.17) is 9.97 Å². The van der Waals surface area contributed by atoms with Gasteiger partial charge in [-0.3, -0.25) is 0 Å². The standard InChI is InChI=1S/C50H32N2S2/c1-29-25-43(33-15-11-31(12-16-33)35-19-23-47-41(27-35)39-7-3-5-9-45(39)53-47)51-49-37(29)21-22-38-30(2)26-44(52-50(38)49)34-17-13-32(14-18-34)36-20-24-48-42(28-36)40-8-4-6-10-46(40)54-48/h3-28H,1-2H3. The molecule has 0 saturated carbocycles. The van der Waals surface area contributed by atoms with Crippen molar-refractivity contribution in [3.8, 4) is 44.8 Å². The van der Waals surface area contributed by atoms with E-state index in [1.165, 1.54) is 73.7 Å². The molecule has 0 bridgehead atoms. The van der Waals surface area contributed by atoms with Crippen LogP contribution in [-0.4, -0.2) is 9.97 Å². The third-order valence-electron chi connectivity index (χ3n) is 11.0. The van der Waals surface area contributed by atoms with Crippen LogP contribution in [0.1, 0.15) is 11.1 Å². The number of pyridine rings is 2. The molecule has 0 amide bonds. The van der Waals surface area contributed by atoms with Crippen molar-refractivity contribution >= 4 is 84.8 Å². The number of rotatable bonds is 4. The van der Waals surface area contributed by atoms with Crippen LogP contribution < -0.4 is 0 Å². The van der Waals surface area contributed by atoms with Gasteiger partial charge in [0.1, 0.15) is 0 Å². The first-order valence-electron chi connectivity index (χ1n) is 18.3. The van der Waals surface area contributed by atoms with Crippen molar-refractivity contribution < 1.29 is 0 Å². The number of hydrogen-bond donors (Lipinski definition) is 0. The Balaban J connectivity index is 0.953. The number of benzene rings is 7. The Hall–Kier alpha value is -6.20. The molecule has 254 valence electrons. The van der Waals surface area contributed by atoms with Crippen LogP contribution in [0.2, 0.25) is 0 Å². The Labute approximate surface area is 320 Å². The summed E-state index contributed by atoms with van der Waals surface area (Å²) in [4.78, 5) is 10.6. The third-order valence-corrected chi connectivity index (χ3v) is 13.3. The van der Waals surface area contributed by atoms with Gasteiger partial charge in [0.25, 0.3) is 0 Å². The zero-order chi connectivity index (χ0) is 35.9. The minimum atomic E-state index is 0.944. The molecule has 4 aromatic heterocycles. The van der Waals surface area contributed by atoms with Crippen LogP contribution >= 0.6 is 22.7 Å². The van der Waals surface area contributed by atoms with E-state index >= 15 is 0 Å². The first kappa shape index (κ1) is 31.3. The third kappa shape index (κ3) is 5.06. The van der Waals surface area contributed by atoms with Gasteiger partial charge in [-0.05, 0) is 95.8 Å². The maximum absolute atomic E-state index is 5.32. The molecule has 0 aliphatic rings. The van der Waals surface area contributed by atoms with Gasteiger partial charge in [-0.1, -0.05) is 109 Å². The summed E-state index contributed by atoms with van der Waals surface area (Å²) >= 11 is 3.71. The van der Waals surface area contributed by atoms with E-state index in [1.54, 1.807) is 0 Å². The van der Waals surface area contributed by atoms with E-state index < -0.39 is 0 Å². The van der Waals surface area contributed by atoms with E-state index in [0.717, 1.165) is 44.3 Å². The van der Waals surface area contributed by atoms with Crippen molar-refractivity contribution in [2.24, 2.45) is 0 Å². The minimum absolute atomic E-state index is 0.944. The fourth-order valence-corrected chi connectivity index (χ4v) is 10.3. The molecule has 0 aliphatic carbocycles. The van der Waals surface area contributed by atoms with Crippen LogP contribution in [0.5, 0.6) is 0 Å². The molecule has 0 atom stereocenters. The zero-order valence-corrected chi connectivity index (χ0v) is 31.4. The van der Waals surface area contributed by atoms with Crippen LogP contribution in [0, 0.1) is 13.8 Å². The second kappa shape index (κ2) is 12.2. The summed E-state index contributed by atoms with van der Waals surface area (Å²) in [5.41, 5.74) is 13.2. The van der Waals surface area contributed by atoms with Gasteiger partial charge in [-0.25, -0.2) is 9.97 Å². The number of aromatic nitrogens is 2. The second-order valence-electron chi connectivity index (χ2n) is 14.3. The largest absolute Gasteiger partial charge is 0.245 e. The zero-order valence-electron chi connectivity index (χ0n) is 29.7. The highest BCUT2D eigenvalue weighted by Crippen LogP contribution is 2.39. The molecule has 0 N–H and O–H groups in total. The average molecular weight is 725 g/mol. The number of nitrogens with zero attached hydrogens (tertiary/aromatic N) is 2. The molecule has 11 rings (SSSR count). The normalized spacial score (nSPS) is 11.9. The predicted octanol–water partition coefficient (Wildman–Crippen LogP) is 14.8. The lowest BCUT2D eigenvalue weighted by Crippen LogP contribution is -1.95. The molecule has 0 aliphatic heterocycles.